The Morgan fingerprint density at radius 1 is 1.50 bits per heavy atom. The molecule has 1 heterocycles. The van der Waals surface area contributed by atoms with E-state index in [4.69, 9.17) is 22.1 Å². The van der Waals surface area contributed by atoms with E-state index >= 15 is 0 Å². The molecule has 0 bridgehead atoms. The predicted octanol–water partition coefficient (Wildman–Crippen LogP) is 3.16. The van der Waals surface area contributed by atoms with Crippen LogP contribution in [-0.4, -0.2) is 49.5 Å². The Morgan fingerprint density at radius 2 is 2.21 bits per heavy atom. The van der Waals surface area contributed by atoms with Crippen LogP contribution in [0.5, 0.6) is 0 Å². The van der Waals surface area contributed by atoms with E-state index < -0.39 is 31.0 Å². The molecule has 0 unspecified atom stereocenters. The minimum Gasteiger partial charge on any atom is -0.435 e. The number of nitrogens with zero attached hydrogens (tertiary/aromatic N) is 1. The monoisotopic (exact) mass is 388 g/mol. The van der Waals surface area contributed by atoms with Crippen LogP contribution in [0.4, 0.5) is 18.0 Å². The average Bonchev–Trinajstić information content (AvgIpc) is 2.45. The molecule has 1 aromatic carbocycles. The number of ether oxygens (including phenoxy) is 2. The smallest absolute Gasteiger partial charge is 0.426 e. The van der Waals surface area contributed by atoms with Crippen LogP contribution < -0.4 is 5.73 Å². The highest BCUT2D eigenvalue weighted by molar-refractivity contribution is 6.30. The number of rotatable bonds is 4. The number of hydrogen-bond acceptors (Lipinski definition) is 4. The first kappa shape index (κ1) is 20.8. The lowest BCUT2D eigenvalue weighted by Gasteiger charge is -2.35. The van der Waals surface area contributed by atoms with E-state index in [1.54, 1.807) is 24.3 Å². The molecule has 1 aliphatic heterocycles. The number of nitrogens with two attached hydrogens (primary N) is 1. The third-order valence-electron chi connectivity index (χ3n) is 3.42. The lowest BCUT2D eigenvalue weighted by atomic mass is 10.1. The lowest BCUT2D eigenvalue weighted by molar-refractivity contribution is -0.210. The third kappa shape index (κ3) is 6.01. The van der Waals surface area contributed by atoms with Crippen LogP contribution in [0.3, 0.4) is 0 Å². The van der Waals surface area contributed by atoms with Crippen LogP contribution in [0.1, 0.15) is 11.7 Å². The summed E-state index contributed by atoms with van der Waals surface area (Å²) in [7, 11) is 0. The van der Waals surface area contributed by atoms with Crippen molar-refractivity contribution in [1.82, 2.24) is 4.90 Å². The summed E-state index contributed by atoms with van der Waals surface area (Å²) in [4.78, 5) is 12.2. The number of alkyl halides is 3. The second kappa shape index (κ2) is 8.75. The molecule has 1 saturated heterocycles. The van der Waals surface area contributed by atoms with Gasteiger partial charge in [-0.15, -0.1) is 12.4 Å². The van der Waals surface area contributed by atoms with Crippen molar-refractivity contribution in [3.8, 4) is 0 Å². The second-order valence-corrected chi connectivity index (χ2v) is 5.58. The van der Waals surface area contributed by atoms with E-state index in [0.717, 1.165) is 5.56 Å². The van der Waals surface area contributed by atoms with Crippen molar-refractivity contribution < 1.29 is 27.4 Å². The zero-order valence-electron chi connectivity index (χ0n) is 12.5. The molecule has 1 fully saturated rings. The van der Waals surface area contributed by atoms with Gasteiger partial charge in [-0.3, -0.25) is 4.90 Å². The van der Waals surface area contributed by atoms with Gasteiger partial charge in [-0.2, -0.15) is 13.2 Å². The van der Waals surface area contributed by atoms with E-state index in [2.05, 4.69) is 4.74 Å². The number of morpholine rings is 1. The van der Waals surface area contributed by atoms with E-state index in [0.29, 0.717) is 11.6 Å². The molecule has 1 aromatic rings. The number of halogens is 5. The lowest BCUT2D eigenvalue weighted by Crippen LogP contribution is -2.48. The molecule has 0 saturated carbocycles. The van der Waals surface area contributed by atoms with Crippen molar-refractivity contribution in [2.24, 2.45) is 5.73 Å². The number of benzene rings is 1. The Balaban J connectivity index is 0.00000288. The van der Waals surface area contributed by atoms with Crippen LogP contribution in [0.2, 0.25) is 5.02 Å². The van der Waals surface area contributed by atoms with Crippen LogP contribution >= 0.6 is 24.0 Å². The summed E-state index contributed by atoms with van der Waals surface area (Å²) in [6.45, 7) is 0.298. The average molecular weight is 389 g/mol. The fourth-order valence-electron chi connectivity index (χ4n) is 2.36. The SMILES string of the molecule is Cl.NC(=O)O[C@@H](CN1CCO[C@H](c2cccc(Cl)c2)C1)C(F)(F)F. The van der Waals surface area contributed by atoms with E-state index in [9.17, 15) is 18.0 Å². The Morgan fingerprint density at radius 3 is 2.79 bits per heavy atom. The molecule has 10 heteroatoms. The molecule has 1 amide bonds. The van der Waals surface area contributed by atoms with Gasteiger partial charge in [0.15, 0.2) is 0 Å². The van der Waals surface area contributed by atoms with Crippen LogP contribution in [-0.2, 0) is 9.47 Å². The molecular weight excluding hydrogens is 372 g/mol. The van der Waals surface area contributed by atoms with Gasteiger partial charge in [0.05, 0.1) is 12.7 Å². The Labute approximate surface area is 148 Å². The summed E-state index contributed by atoms with van der Waals surface area (Å²) in [5, 5.41) is 0.522. The number of primary amides is 1. The van der Waals surface area contributed by atoms with Gasteiger partial charge in [0.1, 0.15) is 0 Å². The number of carbonyl (C=O) groups is 1. The molecule has 1 aliphatic rings. The van der Waals surface area contributed by atoms with Crippen molar-refractivity contribution in [1.29, 1.82) is 0 Å². The van der Waals surface area contributed by atoms with Crippen molar-refractivity contribution in [2.45, 2.75) is 18.4 Å². The number of hydrogen-bond donors (Lipinski definition) is 1. The van der Waals surface area contributed by atoms with Crippen molar-refractivity contribution in [3.05, 3.63) is 34.9 Å². The normalized spacial score (nSPS) is 20.1. The summed E-state index contributed by atoms with van der Waals surface area (Å²) < 4.78 is 48.5. The topological polar surface area (TPSA) is 64.8 Å². The molecule has 0 spiro atoms. The Bertz CT molecular complexity index is 560. The van der Waals surface area contributed by atoms with Gasteiger partial charge in [-0.05, 0) is 17.7 Å². The van der Waals surface area contributed by atoms with E-state index in [1.165, 1.54) is 4.90 Å². The first-order valence-electron chi connectivity index (χ1n) is 6.88. The molecule has 136 valence electrons. The van der Waals surface area contributed by atoms with E-state index in [-0.39, 0.29) is 25.6 Å². The van der Waals surface area contributed by atoms with Gasteiger partial charge < -0.3 is 15.2 Å². The van der Waals surface area contributed by atoms with Gasteiger partial charge in [0.25, 0.3) is 0 Å². The Kier molecular flexibility index (Phi) is 7.59. The second-order valence-electron chi connectivity index (χ2n) is 5.14. The van der Waals surface area contributed by atoms with Crippen LogP contribution in [0.15, 0.2) is 24.3 Å². The maximum absolute atomic E-state index is 12.9. The van der Waals surface area contributed by atoms with Gasteiger partial charge >= 0.3 is 12.3 Å². The van der Waals surface area contributed by atoms with Gasteiger partial charge in [0, 0.05) is 24.7 Å². The van der Waals surface area contributed by atoms with Crippen LogP contribution in [0, 0.1) is 0 Å². The highest BCUT2D eigenvalue weighted by Crippen LogP contribution is 2.28. The molecule has 5 nitrogen and oxygen atoms in total. The maximum atomic E-state index is 12.9. The van der Waals surface area contributed by atoms with Crippen molar-refractivity contribution >= 4 is 30.1 Å². The molecular formula is C14H17Cl2F3N2O3. The van der Waals surface area contributed by atoms with E-state index in [1.807, 2.05) is 0 Å². The third-order valence-corrected chi connectivity index (χ3v) is 3.65. The summed E-state index contributed by atoms with van der Waals surface area (Å²) in [5.41, 5.74) is 5.49. The summed E-state index contributed by atoms with van der Waals surface area (Å²) in [6, 6.07) is 6.94. The fourth-order valence-corrected chi connectivity index (χ4v) is 2.56. The largest absolute Gasteiger partial charge is 0.435 e. The predicted molar refractivity (Wildman–Crippen MR) is 84.3 cm³/mol. The minimum atomic E-state index is -4.68. The number of amides is 1. The summed E-state index contributed by atoms with van der Waals surface area (Å²) >= 11 is 5.91. The number of carbonyl (C=O) groups excluding carboxylic acids is 1. The van der Waals surface area contributed by atoms with Gasteiger partial charge in [-0.25, -0.2) is 4.79 Å². The molecule has 2 N–H and O–H groups in total. The Hall–Kier alpha value is -1.22. The first-order chi connectivity index (χ1) is 10.8. The van der Waals surface area contributed by atoms with Crippen molar-refractivity contribution in [3.63, 3.8) is 0 Å². The molecule has 0 radical (unpaired) electrons. The standard InChI is InChI=1S/C14H16ClF3N2O3.ClH/c15-10-3-1-2-9(6-10)11-7-20(4-5-22-11)8-12(14(16,17)18)23-13(19)21;/h1-3,6,11-12H,4-5,7-8H2,(H2,19,21);1H/t11-,12-;/m0./s1. The first-order valence-corrected chi connectivity index (χ1v) is 7.25. The zero-order valence-corrected chi connectivity index (χ0v) is 14.0. The highest BCUT2D eigenvalue weighted by Gasteiger charge is 2.44. The zero-order chi connectivity index (χ0) is 17.0. The summed E-state index contributed by atoms with van der Waals surface area (Å²) in [5.74, 6) is 0. The van der Waals surface area contributed by atoms with Gasteiger partial charge in [-0.1, -0.05) is 23.7 Å². The van der Waals surface area contributed by atoms with Crippen LogP contribution in [0.25, 0.3) is 0 Å². The quantitative estimate of drug-likeness (QED) is 0.860. The molecule has 0 aromatic heterocycles. The highest BCUT2D eigenvalue weighted by atomic mass is 35.5. The molecule has 2 rings (SSSR count). The molecule has 0 aliphatic carbocycles. The molecule has 24 heavy (non-hydrogen) atoms. The molecule has 2 atom stereocenters. The van der Waals surface area contributed by atoms with Gasteiger partial charge in [0.2, 0.25) is 6.10 Å². The minimum absolute atomic E-state index is 0. The fraction of sp³-hybridized carbons (Fsp3) is 0.500. The summed E-state index contributed by atoms with van der Waals surface area (Å²) in [6.07, 6.45) is -8.80. The van der Waals surface area contributed by atoms with Crippen molar-refractivity contribution in [2.75, 3.05) is 26.2 Å². The maximum Gasteiger partial charge on any atom is 0.426 e.